The van der Waals surface area contributed by atoms with Crippen LogP contribution in [0.3, 0.4) is 0 Å². The fourth-order valence-corrected chi connectivity index (χ4v) is 4.17. The molecular formula is C23H28F3N5O2S. The second-order valence-electron chi connectivity index (χ2n) is 8.04. The highest BCUT2D eigenvalue weighted by Gasteiger charge is 2.30. The van der Waals surface area contributed by atoms with E-state index in [9.17, 15) is 22.8 Å². The predicted molar refractivity (Wildman–Crippen MR) is 124 cm³/mol. The monoisotopic (exact) mass is 495 g/mol. The van der Waals surface area contributed by atoms with Crippen LogP contribution in [0.1, 0.15) is 37.3 Å². The molecule has 1 aliphatic rings. The number of alkyl halides is 3. The molecule has 11 heteroatoms. The van der Waals surface area contributed by atoms with Crippen LogP contribution in [0.5, 0.6) is 0 Å². The van der Waals surface area contributed by atoms with E-state index in [0.717, 1.165) is 50.3 Å². The zero-order valence-corrected chi connectivity index (χ0v) is 19.7. The van der Waals surface area contributed by atoms with Crippen molar-refractivity contribution in [1.29, 1.82) is 0 Å². The van der Waals surface area contributed by atoms with Gasteiger partial charge in [-0.1, -0.05) is 30.8 Å². The van der Waals surface area contributed by atoms with Gasteiger partial charge in [0.1, 0.15) is 5.03 Å². The van der Waals surface area contributed by atoms with Crippen LogP contribution in [0, 0.1) is 5.92 Å². The van der Waals surface area contributed by atoms with Gasteiger partial charge in [0, 0.05) is 32.1 Å². The normalized spacial score (nSPS) is 14.6. The molecule has 0 bridgehead atoms. The summed E-state index contributed by atoms with van der Waals surface area (Å²) in [5, 5.41) is 14.7. The summed E-state index contributed by atoms with van der Waals surface area (Å²) in [6.45, 7) is 4.35. The minimum absolute atomic E-state index is 0.0340. The Hall–Kier alpha value is -2.82. The number of anilines is 1. The number of aromatic nitrogens is 2. The van der Waals surface area contributed by atoms with E-state index in [1.54, 1.807) is 6.07 Å². The van der Waals surface area contributed by atoms with Crippen molar-refractivity contribution in [3.8, 4) is 0 Å². The average Bonchev–Trinajstić information content (AvgIpc) is 2.85. The Morgan fingerprint density at radius 2 is 1.76 bits per heavy atom. The van der Waals surface area contributed by atoms with Gasteiger partial charge in [0.25, 0.3) is 0 Å². The molecule has 1 aliphatic heterocycles. The quantitative estimate of drug-likeness (QED) is 0.517. The minimum atomic E-state index is -4.38. The lowest BCUT2D eigenvalue weighted by Gasteiger charge is -2.31. The Morgan fingerprint density at radius 1 is 1.06 bits per heavy atom. The van der Waals surface area contributed by atoms with Crippen LogP contribution in [0.25, 0.3) is 0 Å². The third-order valence-corrected chi connectivity index (χ3v) is 6.41. The van der Waals surface area contributed by atoms with Gasteiger partial charge < -0.3 is 15.5 Å². The van der Waals surface area contributed by atoms with Crippen molar-refractivity contribution in [1.82, 2.24) is 20.8 Å². The highest BCUT2D eigenvalue weighted by molar-refractivity contribution is 7.99. The minimum Gasteiger partial charge on any atom is -0.356 e. The van der Waals surface area contributed by atoms with Gasteiger partial charge in [-0.05, 0) is 49.1 Å². The van der Waals surface area contributed by atoms with E-state index in [0.29, 0.717) is 17.1 Å². The first-order chi connectivity index (χ1) is 16.3. The standard InChI is InChI=1S/C23H28F3N5O2S/c1-2-11-27-22(33)17-9-12-31(13-10-17)19-7-8-21(30-29-19)34-15-20(32)28-14-16-3-5-18(6-4-16)23(24,25)26/h3-8,17H,2,9-15H2,1H3,(H,27,33)(H,28,32). The molecule has 0 radical (unpaired) electrons. The Labute approximate surface area is 200 Å². The molecule has 184 valence electrons. The third kappa shape index (κ3) is 7.61. The number of hydrogen-bond acceptors (Lipinski definition) is 6. The van der Waals surface area contributed by atoms with E-state index in [2.05, 4.69) is 25.7 Å². The Balaban J connectivity index is 1.39. The van der Waals surface area contributed by atoms with Crippen molar-refractivity contribution < 1.29 is 22.8 Å². The fourth-order valence-electron chi connectivity index (χ4n) is 3.52. The third-order valence-electron chi connectivity index (χ3n) is 5.49. The lowest BCUT2D eigenvalue weighted by molar-refractivity contribution is -0.137. The number of piperidine rings is 1. The molecule has 0 aliphatic carbocycles. The van der Waals surface area contributed by atoms with Crippen molar-refractivity contribution in [3.63, 3.8) is 0 Å². The number of hydrogen-bond donors (Lipinski definition) is 2. The largest absolute Gasteiger partial charge is 0.416 e. The molecule has 2 amide bonds. The number of nitrogens with one attached hydrogen (secondary N) is 2. The fraction of sp³-hybridized carbons (Fsp3) is 0.478. The summed E-state index contributed by atoms with van der Waals surface area (Å²) in [6, 6.07) is 8.35. The maximum atomic E-state index is 12.6. The zero-order valence-electron chi connectivity index (χ0n) is 18.9. The molecule has 3 rings (SSSR count). The van der Waals surface area contributed by atoms with Gasteiger partial charge in [-0.2, -0.15) is 13.2 Å². The van der Waals surface area contributed by atoms with E-state index >= 15 is 0 Å². The molecule has 0 spiro atoms. The molecule has 1 aromatic heterocycles. The number of carbonyl (C=O) groups excluding carboxylic acids is 2. The summed E-state index contributed by atoms with van der Waals surface area (Å²) in [4.78, 5) is 26.3. The Bertz CT molecular complexity index is 947. The molecule has 34 heavy (non-hydrogen) atoms. The first-order valence-electron chi connectivity index (χ1n) is 11.2. The molecule has 2 heterocycles. The van der Waals surface area contributed by atoms with Gasteiger partial charge in [-0.15, -0.1) is 10.2 Å². The predicted octanol–water partition coefficient (Wildman–Crippen LogP) is 3.65. The van der Waals surface area contributed by atoms with Crippen LogP contribution in [-0.2, 0) is 22.3 Å². The van der Waals surface area contributed by atoms with Gasteiger partial charge in [0.15, 0.2) is 5.82 Å². The summed E-state index contributed by atoms with van der Waals surface area (Å²) in [6.07, 6.45) is -1.92. The van der Waals surface area contributed by atoms with Crippen LogP contribution in [0.4, 0.5) is 19.0 Å². The lowest BCUT2D eigenvalue weighted by Crippen LogP contribution is -2.41. The molecular weight excluding hydrogens is 467 g/mol. The first kappa shape index (κ1) is 25.8. The Morgan fingerprint density at radius 3 is 2.35 bits per heavy atom. The van der Waals surface area contributed by atoms with Gasteiger partial charge in [-0.25, -0.2) is 0 Å². The Kier molecular flexibility index (Phi) is 9.14. The lowest BCUT2D eigenvalue weighted by atomic mass is 9.96. The number of amides is 2. The van der Waals surface area contributed by atoms with E-state index < -0.39 is 11.7 Å². The highest BCUT2D eigenvalue weighted by Crippen LogP contribution is 2.29. The highest BCUT2D eigenvalue weighted by atomic mass is 32.2. The van der Waals surface area contributed by atoms with Crippen LogP contribution >= 0.6 is 11.8 Å². The SMILES string of the molecule is CCCNC(=O)C1CCN(c2ccc(SCC(=O)NCc3ccc(C(F)(F)F)cc3)nn2)CC1. The van der Waals surface area contributed by atoms with Crippen LogP contribution in [-0.4, -0.2) is 47.4 Å². The van der Waals surface area contributed by atoms with Crippen LogP contribution in [0.2, 0.25) is 0 Å². The first-order valence-corrected chi connectivity index (χ1v) is 12.2. The van der Waals surface area contributed by atoms with Crippen molar-refractivity contribution >= 4 is 29.4 Å². The number of benzene rings is 1. The maximum absolute atomic E-state index is 12.6. The van der Waals surface area contributed by atoms with Gasteiger partial charge >= 0.3 is 6.18 Å². The molecule has 0 unspecified atom stereocenters. The summed E-state index contributed by atoms with van der Waals surface area (Å²) in [7, 11) is 0. The maximum Gasteiger partial charge on any atom is 0.416 e. The molecule has 2 aromatic rings. The van der Waals surface area contributed by atoms with Crippen molar-refractivity contribution in [3.05, 3.63) is 47.5 Å². The number of rotatable bonds is 9. The number of halogens is 3. The van der Waals surface area contributed by atoms with Crippen LogP contribution < -0.4 is 15.5 Å². The molecule has 1 fully saturated rings. The van der Waals surface area contributed by atoms with E-state index in [-0.39, 0.29) is 30.0 Å². The topological polar surface area (TPSA) is 87.2 Å². The van der Waals surface area contributed by atoms with Crippen molar-refractivity contribution in [2.75, 3.05) is 30.3 Å². The van der Waals surface area contributed by atoms with Gasteiger partial charge in [0.05, 0.1) is 11.3 Å². The second-order valence-corrected chi connectivity index (χ2v) is 9.04. The molecule has 0 saturated carbocycles. The smallest absolute Gasteiger partial charge is 0.356 e. The van der Waals surface area contributed by atoms with Crippen molar-refractivity contribution in [2.24, 2.45) is 5.92 Å². The number of carbonyl (C=O) groups is 2. The van der Waals surface area contributed by atoms with E-state index in [4.69, 9.17) is 0 Å². The summed E-state index contributed by atoms with van der Waals surface area (Å²) in [5.74, 6) is 0.762. The van der Waals surface area contributed by atoms with Gasteiger partial charge in [0.2, 0.25) is 11.8 Å². The molecule has 7 nitrogen and oxygen atoms in total. The molecule has 2 N–H and O–H groups in total. The molecule has 0 atom stereocenters. The van der Waals surface area contributed by atoms with E-state index in [1.165, 1.54) is 23.9 Å². The summed E-state index contributed by atoms with van der Waals surface area (Å²) in [5.41, 5.74) is -0.135. The second kappa shape index (κ2) is 12.0. The summed E-state index contributed by atoms with van der Waals surface area (Å²) < 4.78 is 37.8. The summed E-state index contributed by atoms with van der Waals surface area (Å²) >= 11 is 1.23. The average molecular weight is 496 g/mol. The van der Waals surface area contributed by atoms with Gasteiger partial charge in [-0.3, -0.25) is 9.59 Å². The molecule has 1 aromatic carbocycles. The van der Waals surface area contributed by atoms with Crippen molar-refractivity contribution in [2.45, 2.75) is 43.9 Å². The van der Waals surface area contributed by atoms with Crippen LogP contribution in [0.15, 0.2) is 41.4 Å². The number of nitrogens with zero attached hydrogens (tertiary/aromatic N) is 3. The molecule has 1 saturated heterocycles. The zero-order chi connectivity index (χ0) is 24.6. The number of thioether (sulfide) groups is 1. The van der Waals surface area contributed by atoms with E-state index in [1.807, 2.05) is 13.0 Å².